The van der Waals surface area contributed by atoms with Crippen LogP contribution in [0.4, 0.5) is 0 Å². The first-order valence-electron chi connectivity index (χ1n) is 7.15. The van der Waals surface area contributed by atoms with Gasteiger partial charge in [-0.1, -0.05) is 0 Å². The average molecular weight is 291 g/mol. The molecule has 0 radical (unpaired) electrons. The second kappa shape index (κ2) is 7.17. The molecule has 1 atom stereocenters. The molecule has 0 bridgehead atoms. The highest BCUT2D eigenvalue weighted by molar-refractivity contribution is 5.94. The fraction of sp³-hybridized carbons (Fsp3) is 0.533. The van der Waals surface area contributed by atoms with Gasteiger partial charge in [0.1, 0.15) is 0 Å². The maximum atomic E-state index is 12.3. The van der Waals surface area contributed by atoms with Crippen LogP contribution in [-0.2, 0) is 9.53 Å². The minimum atomic E-state index is -0.408. The first-order valence-corrected chi connectivity index (χ1v) is 7.15. The van der Waals surface area contributed by atoms with Gasteiger partial charge in [-0.05, 0) is 37.3 Å². The SMILES string of the molecule is Cc1cncc(C(=O)NC(CC(N)=O)C2CCOCC2)c1. The van der Waals surface area contributed by atoms with Gasteiger partial charge in [0.25, 0.3) is 5.91 Å². The van der Waals surface area contributed by atoms with Crippen LogP contribution in [0.3, 0.4) is 0 Å². The maximum absolute atomic E-state index is 12.3. The van der Waals surface area contributed by atoms with Crippen LogP contribution in [0.2, 0.25) is 0 Å². The van der Waals surface area contributed by atoms with E-state index in [1.54, 1.807) is 12.3 Å². The molecular weight excluding hydrogens is 270 g/mol. The summed E-state index contributed by atoms with van der Waals surface area (Å²) in [5.74, 6) is -0.411. The average Bonchev–Trinajstić information content (AvgIpc) is 2.47. The molecule has 1 aromatic rings. The van der Waals surface area contributed by atoms with E-state index >= 15 is 0 Å². The molecule has 1 saturated heterocycles. The molecule has 0 saturated carbocycles. The van der Waals surface area contributed by atoms with Gasteiger partial charge >= 0.3 is 0 Å². The van der Waals surface area contributed by atoms with Crippen molar-refractivity contribution < 1.29 is 14.3 Å². The van der Waals surface area contributed by atoms with E-state index in [2.05, 4.69) is 10.3 Å². The minimum absolute atomic E-state index is 0.148. The predicted molar refractivity (Wildman–Crippen MR) is 77.6 cm³/mol. The summed E-state index contributed by atoms with van der Waals surface area (Å²) in [5, 5.41) is 2.93. The van der Waals surface area contributed by atoms with E-state index in [4.69, 9.17) is 10.5 Å². The Bertz CT molecular complexity index is 513. The summed E-state index contributed by atoms with van der Waals surface area (Å²) in [6, 6.07) is 1.52. The van der Waals surface area contributed by atoms with Crippen molar-refractivity contribution in [2.75, 3.05) is 13.2 Å². The second-order valence-corrected chi connectivity index (χ2v) is 5.45. The van der Waals surface area contributed by atoms with Crippen molar-refractivity contribution in [1.29, 1.82) is 0 Å². The number of nitrogens with two attached hydrogens (primary N) is 1. The number of carbonyl (C=O) groups excluding carboxylic acids is 2. The van der Waals surface area contributed by atoms with Gasteiger partial charge in [0.15, 0.2) is 0 Å². The molecule has 1 fully saturated rings. The Morgan fingerprint density at radius 3 is 2.76 bits per heavy atom. The number of rotatable bonds is 5. The summed E-state index contributed by atoms with van der Waals surface area (Å²) in [6.07, 6.45) is 5.01. The molecule has 2 amide bonds. The molecule has 0 spiro atoms. The van der Waals surface area contributed by atoms with Crippen molar-refractivity contribution in [3.05, 3.63) is 29.6 Å². The zero-order valence-electron chi connectivity index (χ0n) is 12.2. The number of nitrogens with zero attached hydrogens (tertiary/aromatic N) is 1. The minimum Gasteiger partial charge on any atom is -0.381 e. The van der Waals surface area contributed by atoms with Gasteiger partial charge in [-0.3, -0.25) is 14.6 Å². The molecule has 1 aliphatic heterocycles. The number of aryl methyl sites for hydroxylation is 1. The number of ether oxygens (including phenoxy) is 1. The lowest BCUT2D eigenvalue weighted by molar-refractivity contribution is -0.118. The molecule has 1 aromatic heterocycles. The molecule has 114 valence electrons. The molecule has 1 unspecified atom stereocenters. The number of hydrogen-bond donors (Lipinski definition) is 2. The number of carbonyl (C=O) groups is 2. The first kappa shape index (κ1) is 15.4. The number of pyridine rings is 1. The third-order valence-corrected chi connectivity index (χ3v) is 3.71. The molecular formula is C15H21N3O3. The Morgan fingerprint density at radius 1 is 1.43 bits per heavy atom. The van der Waals surface area contributed by atoms with Gasteiger partial charge in [0.05, 0.1) is 5.56 Å². The zero-order valence-corrected chi connectivity index (χ0v) is 12.2. The van der Waals surface area contributed by atoms with E-state index in [1.807, 2.05) is 6.92 Å². The molecule has 1 aliphatic rings. The quantitative estimate of drug-likeness (QED) is 0.838. The Balaban J connectivity index is 2.06. The van der Waals surface area contributed by atoms with Gasteiger partial charge in [-0.15, -0.1) is 0 Å². The molecule has 6 heteroatoms. The maximum Gasteiger partial charge on any atom is 0.253 e. The normalized spacial score (nSPS) is 17.2. The van der Waals surface area contributed by atoms with Gasteiger partial charge in [0.2, 0.25) is 5.91 Å². The Hall–Kier alpha value is -1.95. The van der Waals surface area contributed by atoms with Crippen molar-refractivity contribution in [2.45, 2.75) is 32.2 Å². The third kappa shape index (κ3) is 4.53. The number of amides is 2. The number of nitrogens with one attached hydrogen (secondary N) is 1. The number of primary amides is 1. The summed E-state index contributed by atoms with van der Waals surface area (Å²) in [4.78, 5) is 27.6. The highest BCUT2D eigenvalue weighted by Crippen LogP contribution is 2.21. The Kier molecular flexibility index (Phi) is 5.27. The summed E-state index contributed by atoms with van der Waals surface area (Å²) >= 11 is 0. The standard InChI is InChI=1S/C15H21N3O3/c1-10-6-12(9-17-8-10)15(20)18-13(7-14(16)19)11-2-4-21-5-3-11/h6,8-9,11,13H,2-5,7H2,1H3,(H2,16,19)(H,18,20). The first-order chi connectivity index (χ1) is 10.1. The highest BCUT2D eigenvalue weighted by Gasteiger charge is 2.27. The van der Waals surface area contributed by atoms with E-state index in [1.165, 1.54) is 6.20 Å². The molecule has 3 N–H and O–H groups in total. The van der Waals surface area contributed by atoms with Crippen LogP contribution in [0.15, 0.2) is 18.5 Å². The smallest absolute Gasteiger partial charge is 0.253 e. The lowest BCUT2D eigenvalue weighted by Crippen LogP contribution is -2.44. The third-order valence-electron chi connectivity index (χ3n) is 3.71. The summed E-state index contributed by atoms with van der Waals surface area (Å²) in [6.45, 7) is 3.19. The molecule has 21 heavy (non-hydrogen) atoms. The van der Waals surface area contributed by atoms with Crippen LogP contribution in [0.5, 0.6) is 0 Å². The van der Waals surface area contributed by atoms with Crippen molar-refractivity contribution in [2.24, 2.45) is 11.7 Å². The largest absolute Gasteiger partial charge is 0.381 e. The van der Waals surface area contributed by atoms with Crippen LogP contribution >= 0.6 is 0 Å². The topological polar surface area (TPSA) is 94.3 Å². The summed E-state index contributed by atoms with van der Waals surface area (Å²) in [5.41, 5.74) is 6.72. The number of hydrogen-bond acceptors (Lipinski definition) is 4. The highest BCUT2D eigenvalue weighted by atomic mass is 16.5. The number of aromatic nitrogens is 1. The molecule has 2 heterocycles. The van der Waals surface area contributed by atoms with E-state index in [9.17, 15) is 9.59 Å². The van der Waals surface area contributed by atoms with Crippen LogP contribution < -0.4 is 11.1 Å². The van der Waals surface area contributed by atoms with Gasteiger partial charge < -0.3 is 15.8 Å². The molecule has 0 aliphatic carbocycles. The lowest BCUT2D eigenvalue weighted by Gasteiger charge is -2.30. The predicted octanol–water partition coefficient (Wildman–Crippen LogP) is 0.790. The van der Waals surface area contributed by atoms with E-state index in [0.717, 1.165) is 18.4 Å². The van der Waals surface area contributed by atoms with E-state index < -0.39 is 5.91 Å². The summed E-state index contributed by atoms with van der Waals surface area (Å²) in [7, 11) is 0. The van der Waals surface area contributed by atoms with E-state index in [0.29, 0.717) is 18.8 Å². The van der Waals surface area contributed by atoms with Crippen molar-refractivity contribution in [3.63, 3.8) is 0 Å². The van der Waals surface area contributed by atoms with Crippen LogP contribution in [0.25, 0.3) is 0 Å². The second-order valence-electron chi connectivity index (χ2n) is 5.45. The molecule has 6 nitrogen and oxygen atoms in total. The lowest BCUT2D eigenvalue weighted by atomic mass is 9.89. The fourth-order valence-electron chi connectivity index (χ4n) is 2.60. The van der Waals surface area contributed by atoms with Crippen LogP contribution in [0, 0.1) is 12.8 Å². The van der Waals surface area contributed by atoms with Gasteiger partial charge in [-0.25, -0.2) is 0 Å². The van der Waals surface area contributed by atoms with E-state index in [-0.39, 0.29) is 24.3 Å². The van der Waals surface area contributed by atoms with Crippen molar-refractivity contribution in [1.82, 2.24) is 10.3 Å². The monoisotopic (exact) mass is 291 g/mol. The Labute approximate surface area is 124 Å². The zero-order chi connectivity index (χ0) is 15.2. The van der Waals surface area contributed by atoms with Crippen LogP contribution in [-0.4, -0.2) is 36.1 Å². The van der Waals surface area contributed by atoms with Crippen molar-refractivity contribution in [3.8, 4) is 0 Å². The van der Waals surface area contributed by atoms with Gasteiger partial charge in [-0.2, -0.15) is 0 Å². The Morgan fingerprint density at radius 2 is 2.14 bits per heavy atom. The van der Waals surface area contributed by atoms with Crippen molar-refractivity contribution >= 4 is 11.8 Å². The molecule has 0 aromatic carbocycles. The van der Waals surface area contributed by atoms with Crippen LogP contribution in [0.1, 0.15) is 35.2 Å². The van der Waals surface area contributed by atoms with Gasteiger partial charge in [0, 0.05) is 38.1 Å². The molecule has 2 rings (SSSR count). The fourth-order valence-corrected chi connectivity index (χ4v) is 2.60. The summed E-state index contributed by atoms with van der Waals surface area (Å²) < 4.78 is 5.32.